The van der Waals surface area contributed by atoms with Crippen molar-refractivity contribution in [2.75, 3.05) is 5.32 Å². The van der Waals surface area contributed by atoms with Gasteiger partial charge in [-0.2, -0.15) is 10.2 Å². The lowest BCUT2D eigenvalue weighted by Crippen LogP contribution is -2.28. The Balaban J connectivity index is 1.61. The Morgan fingerprint density at radius 1 is 1.24 bits per heavy atom. The Labute approximate surface area is 144 Å². The van der Waals surface area contributed by atoms with Gasteiger partial charge in [-0.15, -0.1) is 0 Å². The molecule has 3 rings (SSSR count). The van der Waals surface area contributed by atoms with Gasteiger partial charge in [-0.3, -0.25) is 4.68 Å². The number of aryl methyl sites for hydroxylation is 2. The number of carbonyl (C=O) groups is 1. The van der Waals surface area contributed by atoms with Crippen molar-refractivity contribution in [3.05, 3.63) is 59.9 Å². The molecule has 130 valence electrons. The van der Waals surface area contributed by atoms with Crippen LogP contribution in [0.15, 0.2) is 42.9 Å². The molecule has 2 aromatic heterocycles. The van der Waals surface area contributed by atoms with Crippen LogP contribution in [-0.2, 0) is 13.1 Å². The summed E-state index contributed by atoms with van der Waals surface area (Å²) in [5.74, 6) is -0.294. The first kappa shape index (κ1) is 16.7. The molecule has 0 atom stereocenters. The summed E-state index contributed by atoms with van der Waals surface area (Å²) in [5.41, 5.74) is 3.07. The number of halogens is 1. The number of rotatable bonds is 5. The average Bonchev–Trinajstić information content (AvgIpc) is 3.20. The van der Waals surface area contributed by atoms with Gasteiger partial charge in [0.05, 0.1) is 23.3 Å². The van der Waals surface area contributed by atoms with Crippen molar-refractivity contribution in [2.45, 2.75) is 26.9 Å². The second kappa shape index (κ2) is 7.16. The highest BCUT2D eigenvalue weighted by atomic mass is 19.1. The number of hydrogen-bond donors (Lipinski definition) is 2. The number of benzene rings is 1. The molecule has 3 aromatic rings. The van der Waals surface area contributed by atoms with E-state index in [2.05, 4.69) is 20.8 Å². The number of aromatic nitrogens is 4. The van der Waals surface area contributed by atoms with Gasteiger partial charge in [0.15, 0.2) is 0 Å². The summed E-state index contributed by atoms with van der Waals surface area (Å²) < 4.78 is 16.4. The molecule has 0 saturated carbocycles. The molecular weight excluding hydrogens is 323 g/mol. The number of nitrogens with zero attached hydrogens (tertiary/aromatic N) is 4. The highest BCUT2D eigenvalue weighted by Crippen LogP contribution is 2.13. The topological polar surface area (TPSA) is 76.8 Å². The molecule has 25 heavy (non-hydrogen) atoms. The van der Waals surface area contributed by atoms with Crippen molar-refractivity contribution in [1.82, 2.24) is 24.9 Å². The van der Waals surface area contributed by atoms with Gasteiger partial charge in [0, 0.05) is 31.0 Å². The van der Waals surface area contributed by atoms with E-state index in [-0.39, 0.29) is 11.8 Å². The number of amides is 2. The van der Waals surface area contributed by atoms with Crippen molar-refractivity contribution in [3.8, 4) is 5.69 Å². The van der Waals surface area contributed by atoms with Crippen LogP contribution in [-0.4, -0.2) is 25.6 Å². The van der Waals surface area contributed by atoms with Gasteiger partial charge >= 0.3 is 6.03 Å². The predicted octanol–water partition coefficient (Wildman–Crippen LogP) is 2.86. The molecule has 0 saturated heterocycles. The fourth-order valence-corrected chi connectivity index (χ4v) is 2.35. The maximum Gasteiger partial charge on any atom is 0.319 e. The molecule has 2 heterocycles. The predicted molar refractivity (Wildman–Crippen MR) is 92.0 cm³/mol. The van der Waals surface area contributed by atoms with E-state index in [9.17, 15) is 9.18 Å². The molecular formula is C17H19FN6O. The highest BCUT2D eigenvalue weighted by molar-refractivity contribution is 5.88. The molecule has 2 amide bonds. The summed E-state index contributed by atoms with van der Waals surface area (Å²) in [7, 11) is 0. The second-order valence-corrected chi connectivity index (χ2v) is 5.55. The quantitative estimate of drug-likeness (QED) is 0.748. The maximum absolute atomic E-state index is 13.0. The molecule has 0 aliphatic heterocycles. The minimum absolute atomic E-state index is 0.294. The lowest BCUT2D eigenvalue weighted by Gasteiger charge is -2.05. The number of nitrogens with one attached hydrogen (secondary N) is 2. The van der Waals surface area contributed by atoms with Crippen molar-refractivity contribution >= 4 is 11.7 Å². The summed E-state index contributed by atoms with van der Waals surface area (Å²) in [6, 6.07) is 5.75. The van der Waals surface area contributed by atoms with Crippen LogP contribution in [0, 0.1) is 12.7 Å². The van der Waals surface area contributed by atoms with Crippen LogP contribution in [0.1, 0.15) is 18.2 Å². The van der Waals surface area contributed by atoms with Gasteiger partial charge in [0.25, 0.3) is 0 Å². The molecule has 1 aromatic carbocycles. The van der Waals surface area contributed by atoms with Gasteiger partial charge in [-0.25, -0.2) is 13.9 Å². The maximum atomic E-state index is 13.0. The van der Waals surface area contributed by atoms with Crippen LogP contribution in [0.4, 0.5) is 14.9 Å². The molecule has 0 bridgehead atoms. The van der Waals surface area contributed by atoms with Gasteiger partial charge in [0.2, 0.25) is 0 Å². The molecule has 0 spiro atoms. The third-order valence-corrected chi connectivity index (χ3v) is 3.75. The minimum Gasteiger partial charge on any atom is -0.334 e. The van der Waals surface area contributed by atoms with E-state index in [1.165, 1.54) is 12.1 Å². The fourth-order valence-electron chi connectivity index (χ4n) is 2.35. The van der Waals surface area contributed by atoms with Crippen molar-refractivity contribution < 1.29 is 9.18 Å². The number of carbonyl (C=O) groups excluding carboxylic acids is 1. The number of hydrogen-bond acceptors (Lipinski definition) is 3. The Morgan fingerprint density at radius 3 is 2.68 bits per heavy atom. The van der Waals surface area contributed by atoms with E-state index in [4.69, 9.17) is 0 Å². The summed E-state index contributed by atoms with van der Waals surface area (Å²) in [6.07, 6.45) is 5.18. The third kappa shape index (κ3) is 4.03. The Bertz CT molecular complexity index is 868. The van der Waals surface area contributed by atoms with Crippen LogP contribution >= 0.6 is 0 Å². The summed E-state index contributed by atoms with van der Waals surface area (Å²) in [5, 5.41) is 14.0. The standard InChI is InChI=1S/C17H19FN6O/c1-3-23-11-15(9-20-23)21-17(25)19-8-13-10-24(22-12(13)2)16-6-4-14(18)5-7-16/h4-7,9-11H,3,8H2,1-2H3,(H2,19,21,25). The molecule has 0 unspecified atom stereocenters. The van der Waals surface area contributed by atoms with Crippen molar-refractivity contribution in [2.24, 2.45) is 0 Å². The highest BCUT2D eigenvalue weighted by Gasteiger charge is 2.09. The van der Waals surface area contributed by atoms with Gasteiger partial charge < -0.3 is 10.6 Å². The minimum atomic E-state index is -0.315. The van der Waals surface area contributed by atoms with E-state index in [1.54, 1.807) is 33.9 Å². The normalized spacial score (nSPS) is 10.7. The van der Waals surface area contributed by atoms with Gasteiger partial charge in [-0.1, -0.05) is 0 Å². The smallest absolute Gasteiger partial charge is 0.319 e. The number of anilines is 1. The molecule has 8 heteroatoms. The second-order valence-electron chi connectivity index (χ2n) is 5.55. The molecule has 0 radical (unpaired) electrons. The van der Waals surface area contributed by atoms with E-state index >= 15 is 0 Å². The van der Waals surface area contributed by atoms with Crippen LogP contribution in [0.5, 0.6) is 0 Å². The zero-order valence-corrected chi connectivity index (χ0v) is 14.0. The first-order valence-electron chi connectivity index (χ1n) is 7.93. The van der Waals surface area contributed by atoms with Crippen LogP contribution < -0.4 is 10.6 Å². The molecule has 0 fully saturated rings. The van der Waals surface area contributed by atoms with Gasteiger partial charge in [-0.05, 0) is 38.1 Å². The van der Waals surface area contributed by atoms with Crippen LogP contribution in [0.3, 0.4) is 0 Å². The largest absolute Gasteiger partial charge is 0.334 e. The van der Waals surface area contributed by atoms with E-state index < -0.39 is 0 Å². The molecule has 2 N–H and O–H groups in total. The lowest BCUT2D eigenvalue weighted by molar-refractivity contribution is 0.251. The zero-order chi connectivity index (χ0) is 17.8. The van der Waals surface area contributed by atoms with Crippen molar-refractivity contribution in [1.29, 1.82) is 0 Å². The zero-order valence-electron chi connectivity index (χ0n) is 14.0. The number of urea groups is 1. The average molecular weight is 342 g/mol. The monoisotopic (exact) mass is 342 g/mol. The third-order valence-electron chi connectivity index (χ3n) is 3.75. The summed E-state index contributed by atoms with van der Waals surface area (Å²) in [6.45, 7) is 4.91. The lowest BCUT2D eigenvalue weighted by atomic mass is 10.2. The van der Waals surface area contributed by atoms with Crippen LogP contribution in [0.2, 0.25) is 0 Å². The SMILES string of the molecule is CCn1cc(NC(=O)NCc2cn(-c3ccc(F)cc3)nc2C)cn1. The molecule has 0 aliphatic carbocycles. The first-order chi connectivity index (χ1) is 12.0. The van der Waals surface area contributed by atoms with E-state index in [1.807, 2.05) is 20.0 Å². The molecule has 7 nitrogen and oxygen atoms in total. The Kier molecular flexibility index (Phi) is 4.78. The first-order valence-corrected chi connectivity index (χ1v) is 7.93. The Morgan fingerprint density at radius 2 is 2.00 bits per heavy atom. The fraction of sp³-hybridized carbons (Fsp3) is 0.235. The summed E-state index contributed by atoms with van der Waals surface area (Å²) in [4.78, 5) is 12.0. The molecule has 0 aliphatic rings. The van der Waals surface area contributed by atoms with Crippen LogP contribution in [0.25, 0.3) is 5.69 Å². The Hall–Kier alpha value is -3.16. The van der Waals surface area contributed by atoms with E-state index in [0.29, 0.717) is 12.2 Å². The van der Waals surface area contributed by atoms with Crippen molar-refractivity contribution in [3.63, 3.8) is 0 Å². The van der Waals surface area contributed by atoms with E-state index in [0.717, 1.165) is 23.5 Å². The van der Waals surface area contributed by atoms with Gasteiger partial charge in [0.1, 0.15) is 5.82 Å². The summed E-state index contributed by atoms with van der Waals surface area (Å²) >= 11 is 0.